The Bertz CT molecular complexity index is 286. The fourth-order valence-corrected chi connectivity index (χ4v) is 3.47. The van der Waals surface area contributed by atoms with E-state index in [9.17, 15) is 4.79 Å². The van der Waals surface area contributed by atoms with Crippen LogP contribution in [0.4, 0.5) is 0 Å². The first kappa shape index (κ1) is 14.3. The zero-order valence-electron chi connectivity index (χ0n) is 11.7. The molecule has 0 aromatic carbocycles. The number of carbonyl (C=O) groups is 1. The highest BCUT2D eigenvalue weighted by Crippen LogP contribution is 2.29. The molecule has 18 heavy (non-hydrogen) atoms. The third-order valence-corrected chi connectivity index (χ3v) is 5.35. The number of rotatable bonds is 3. The van der Waals surface area contributed by atoms with E-state index >= 15 is 0 Å². The molecule has 1 heterocycles. The normalized spacial score (nSPS) is 38.6. The van der Waals surface area contributed by atoms with Crippen LogP contribution in [0.3, 0.4) is 0 Å². The van der Waals surface area contributed by atoms with Gasteiger partial charge < -0.3 is 0 Å². The fourth-order valence-electron chi connectivity index (χ4n) is 3.22. The predicted octanol–water partition coefficient (Wildman–Crippen LogP) is 3.33. The van der Waals surface area contributed by atoms with Gasteiger partial charge in [-0.2, -0.15) is 0 Å². The van der Waals surface area contributed by atoms with E-state index in [1.807, 2.05) is 0 Å². The summed E-state index contributed by atoms with van der Waals surface area (Å²) in [4.78, 5) is 14.6. The fraction of sp³-hybridized carbons (Fsp3) is 0.933. The molecule has 0 radical (unpaired) electrons. The summed E-state index contributed by atoms with van der Waals surface area (Å²) in [6.45, 7) is 7.50. The SMILES string of the molecule is CC1CCN(CC(=O)C2CCC(Cl)CC2)CC1C. The van der Waals surface area contributed by atoms with Crippen LogP contribution in [0.2, 0.25) is 0 Å². The van der Waals surface area contributed by atoms with Gasteiger partial charge in [-0.3, -0.25) is 9.69 Å². The molecule has 1 saturated heterocycles. The standard InChI is InChI=1S/C15H26ClNO/c1-11-7-8-17(9-12(11)2)10-15(18)13-3-5-14(16)6-4-13/h11-14H,3-10H2,1-2H3. The Morgan fingerprint density at radius 2 is 1.78 bits per heavy atom. The zero-order chi connectivity index (χ0) is 13.1. The summed E-state index contributed by atoms with van der Waals surface area (Å²) >= 11 is 6.09. The quantitative estimate of drug-likeness (QED) is 0.734. The average molecular weight is 272 g/mol. The Balaban J connectivity index is 1.77. The van der Waals surface area contributed by atoms with E-state index < -0.39 is 0 Å². The maximum atomic E-state index is 12.3. The van der Waals surface area contributed by atoms with Crippen LogP contribution in [-0.2, 0) is 4.79 Å². The number of Topliss-reactive ketones (excluding diaryl/α,β-unsaturated/α-hetero) is 1. The molecule has 2 rings (SSSR count). The van der Waals surface area contributed by atoms with E-state index in [0.29, 0.717) is 17.7 Å². The van der Waals surface area contributed by atoms with Gasteiger partial charge in [0.2, 0.25) is 0 Å². The Hall–Kier alpha value is -0.0800. The van der Waals surface area contributed by atoms with Gasteiger partial charge in [0.05, 0.1) is 6.54 Å². The first-order valence-electron chi connectivity index (χ1n) is 7.45. The largest absolute Gasteiger partial charge is 0.298 e. The van der Waals surface area contributed by atoms with Gasteiger partial charge in [0.25, 0.3) is 0 Å². The third kappa shape index (κ3) is 3.71. The summed E-state index contributed by atoms with van der Waals surface area (Å²) in [6, 6.07) is 0. The van der Waals surface area contributed by atoms with Gasteiger partial charge in [0, 0.05) is 17.8 Å². The highest BCUT2D eigenvalue weighted by atomic mass is 35.5. The molecular formula is C15H26ClNO. The minimum atomic E-state index is 0.287. The molecule has 0 spiro atoms. The van der Waals surface area contributed by atoms with E-state index in [2.05, 4.69) is 18.7 Å². The molecule has 2 nitrogen and oxygen atoms in total. The van der Waals surface area contributed by atoms with Crippen LogP contribution in [-0.4, -0.2) is 35.7 Å². The smallest absolute Gasteiger partial charge is 0.149 e. The molecule has 2 unspecified atom stereocenters. The van der Waals surface area contributed by atoms with Crippen molar-refractivity contribution in [2.24, 2.45) is 17.8 Å². The first-order valence-corrected chi connectivity index (χ1v) is 7.89. The van der Waals surface area contributed by atoms with Gasteiger partial charge in [0.1, 0.15) is 5.78 Å². The second-order valence-corrected chi connectivity index (χ2v) is 7.01. The summed E-state index contributed by atoms with van der Waals surface area (Å²) < 4.78 is 0. The van der Waals surface area contributed by atoms with E-state index in [-0.39, 0.29) is 5.92 Å². The van der Waals surface area contributed by atoms with Crippen LogP contribution in [0, 0.1) is 17.8 Å². The lowest BCUT2D eigenvalue weighted by atomic mass is 9.84. The van der Waals surface area contributed by atoms with E-state index in [4.69, 9.17) is 11.6 Å². The number of nitrogens with zero attached hydrogens (tertiary/aromatic N) is 1. The van der Waals surface area contributed by atoms with Crippen molar-refractivity contribution in [2.75, 3.05) is 19.6 Å². The van der Waals surface area contributed by atoms with Crippen molar-refractivity contribution in [3.63, 3.8) is 0 Å². The minimum absolute atomic E-state index is 0.287. The van der Waals surface area contributed by atoms with Crippen LogP contribution in [0.1, 0.15) is 46.0 Å². The Kier molecular flexibility index (Phi) is 5.08. The van der Waals surface area contributed by atoms with Gasteiger partial charge in [-0.1, -0.05) is 13.8 Å². The van der Waals surface area contributed by atoms with Gasteiger partial charge >= 0.3 is 0 Å². The monoisotopic (exact) mass is 271 g/mol. The molecule has 1 aliphatic carbocycles. The number of hydrogen-bond donors (Lipinski definition) is 0. The number of likely N-dealkylation sites (tertiary alicyclic amines) is 1. The van der Waals surface area contributed by atoms with Crippen molar-refractivity contribution in [1.82, 2.24) is 4.90 Å². The van der Waals surface area contributed by atoms with Crippen LogP contribution >= 0.6 is 11.6 Å². The molecular weight excluding hydrogens is 246 g/mol. The lowest BCUT2D eigenvalue weighted by Crippen LogP contribution is -2.42. The van der Waals surface area contributed by atoms with E-state index in [1.165, 1.54) is 6.42 Å². The van der Waals surface area contributed by atoms with Crippen molar-refractivity contribution in [3.8, 4) is 0 Å². The second kappa shape index (κ2) is 6.38. The summed E-state index contributed by atoms with van der Waals surface area (Å²) in [7, 11) is 0. The number of carbonyl (C=O) groups excluding carboxylic acids is 1. The summed E-state index contributed by atoms with van der Waals surface area (Å²) in [5.74, 6) is 2.28. The molecule has 0 aromatic rings. The molecule has 0 aromatic heterocycles. The maximum Gasteiger partial charge on any atom is 0.149 e. The third-order valence-electron chi connectivity index (χ3n) is 4.91. The predicted molar refractivity (Wildman–Crippen MR) is 76.0 cm³/mol. The molecule has 2 fully saturated rings. The Morgan fingerprint density at radius 1 is 1.11 bits per heavy atom. The van der Waals surface area contributed by atoms with Crippen molar-refractivity contribution in [1.29, 1.82) is 0 Å². The highest BCUT2D eigenvalue weighted by Gasteiger charge is 2.28. The zero-order valence-corrected chi connectivity index (χ0v) is 12.5. The summed E-state index contributed by atoms with van der Waals surface area (Å²) in [5.41, 5.74) is 0. The molecule has 0 N–H and O–H groups in total. The van der Waals surface area contributed by atoms with Crippen molar-refractivity contribution < 1.29 is 4.79 Å². The number of piperidine rings is 1. The van der Waals surface area contributed by atoms with Gasteiger partial charge in [-0.15, -0.1) is 11.6 Å². The average Bonchev–Trinajstić information content (AvgIpc) is 2.34. The van der Waals surface area contributed by atoms with Crippen molar-refractivity contribution in [2.45, 2.75) is 51.3 Å². The second-order valence-electron chi connectivity index (χ2n) is 6.39. The van der Waals surface area contributed by atoms with Gasteiger partial charge in [0.15, 0.2) is 0 Å². The topological polar surface area (TPSA) is 20.3 Å². The summed E-state index contributed by atoms with van der Waals surface area (Å²) in [5, 5.41) is 0.310. The highest BCUT2D eigenvalue weighted by molar-refractivity contribution is 6.20. The van der Waals surface area contributed by atoms with Crippen molar-refractivity contribution in [3.05, 3.63) is 0 Å². The molecule has 1 aliphatic heterocycles. The van der Waals surface area contributed by atoms with Crippen LogP contribution in [0.15, 0.2) is 0 Å². The molecule has 104 valence electrons. The molecule has 1 saturated carbocycles. The number of ketones is 1. The minimum Gasteiger partial charge on any atom is -0.298 e. The van der Waals surface area contributed by atoms with Crippen LogP contribution in [0.25, 0.3) is 0 Å². The maximum absolute atomic E-state index is 12.3. The first-order chi connectivity index (χ1) is 8.56. The van der Waals surface area contributed by atoms with Gasteiger partial charge in [-0.25, -0.2) is 0 Å². The summed E-state index contributed by atoms with van der Waals surface area (Å²) in [6.07, 6.45) is 5.29. The Morgan fingerprint density at radius 3 is 2.39 bits per heavy atom. The lowest BCUT2D eigenvalue weighted by molar-refractivity contribution is -0.125. The number of hydrogen-bond acceptors (Lipinski definition) is 2. The van der Waals surface area contributed by atoms with E-state index in [0.717, 1.165) is 50.6 Å². The molecule has 0 bridgehead atoms. The Labute approximate surface area is 116 Å². The molecule has 3 heteroatoms. The van der Waals surface area contributed by atoms with Gasteiger partial charge in [-0.05, 0) is 50.5 Å². The molecule has 0 amide bonds. The number of halogens is 1. The van der Waals surface area contributed by atoms with Crippen molar-refractivity contribution >= 4 is 17.4 Å². The van der Waals surface area contributed by atoms with E-state index in [1.54, 1.807) is 0 Å². The van der Waals surface area contributed by atoms with Crippen LogP contribution in [0.5, 0.6) is 0 Å². The molecule has 2 aliphatic rings. The van der Waals surface area contributed by atoms with Crippen LogP contribution < -0.4 is 0 Å². The lowest BCUT2D eigenvalue weighted by Gasteiger charge is -2.35. The molecule has 2 atom stereocenters. The number of alkyl halides is 1.